The van der Waals surface area contributed by atoms with Gasteiger partial charge >= 0.3 is 0 Å². The van der Waals surface area contributed by atoms with Crippen molar-refractivity contribution in [3.63, 3.8) is 0 Å². The van der Waals surface area contributed by atoms with Crippen LogP contribution in [0.3, 0.4) is 0 Å². The summed E-state index contributed by atoms with van der Waals surface area (Å²) in [6.45, 7) is 3.80. The van der Waals surface area contributed by atoms with E-state index in [1.54, 1.807) is 0 Å². The molecule has 1 rings (SSSR count). The van der Waals surface area contributed by atoms with Crippen molar-refractivity contribution in [2.24, 2.45) is 0 Å². The monoisotopic (exact) mass is 287 g/mol. The zero-order valence-electron chi connectivity index (χ0n) is 11.2. The Bertz CT molecular complexity index is 347. The van der Waals surface area contributed by atoms with Crippen LogP contribution in [-0.2, 0) is 0 Å². The summed E-state index contributed by atoms with van der Waals surface area (Å²) in [6, 6.07) is 5.73. The lowest BCUT2D eigenvalue weighted by molar-refractivity contribution is 0.319. The van der Waals surface area contributed by atoms with E-state index in [2.05, 4.69) is 18.5 Å². The van der Waals surface area contributed by atoms with E-state index in [-0.39, 0.29) is 0 Å². The minimum absolute atomic E-state index is 0.739. The van der Waals surface area contributed by atoms with Crippen LogP contribution in [0.25, 0.3) is 0 Å². The van der Waals surface area contributed by atoms with Gasteiger partial charge < -0.3 is 10.1 Å². The molecule has 1 aromatic carbocycles. The van der Waals surface area contributed by atoms with Gasteiger partial charge in [0.25, 0.3) is 0 Å². The van der Waals surface area contributed by atoms with Gasteiger partial charge in [-0.25, -0.2) is 0 Å². The topological polar surface area (TPSA) is 21.3 Å². The van der Waals surface area contributed by atoms with Crippen LogP contribution in [-0.4, -0.2) is 25.2 Å². The molecular formula is C14H22ClNOS. The van der Waals surface area contributed by atoms with Crippen LogP contribution in [0.5, 0.6) is 5.75 Å². The molecule has 1 N–H and O–H groups in total. The highest BCUT2D eigenvalue weighted by molar-refractivity contribution is 7.98. The number of ether oxygens (including phenoxy) is 1. The Labute approximate surface area is 119 Å². The number of thioether (sulfide) groups is 1. The molecule has 0 fully saturated rings. The molecule has 0 spiro atoms. The Morgan fingerprint density at radius 3 is 2.89 bits per heavy atom. The lowest BCUT2D eigenvalue weighted by Gasteiger charge is -2.13. The zero-order valence-corrected chi connectivity index (χ0v) is 12.7. The number of nitrogens with one attached hydrogen (secondary N) is 1. The van der Waals surface area contributed by atoms with E-state index < -0.39 is 0 Å². The molecule has 0 amide bonds. The van der Waals surface area contributed by atoms with Gasteiger partial charge in [0.2, 0.25) is 0 Å². The van der Waals surface area contributed by atoms with Crippen LogP contribution in [0.4, 0.5) is 5.69 Å². The fourth-order valence-corrected chi connectivity index (χ4v) is 2.24. The summed E-state index contributed by atoms with van der Waals surface area (Å²) in [5.41, 5.74) is 1.00. The second kappa shape index (κ2) is 9.40. The molecule has 1 aromatic rings. The molecule has 0 saturated heterocycles. The molecule has 0 unspecified atom stereocenters. The molecule has 0 atom stereocenters. The molecule has 0 aliphatic rings. The van der Waals surface area contributed by atoms with Crippen LogP contribution in [0.1, 0.15) is 26.2 Å². The normalized spacial score (nSPS) is 10.4. The molecule has 0 aliphatic carbocycles. The first-order chi connectivity index (χ1) is 8.77. The number of hydrogen-bond donors (Lipinski definition) is 1. The average Bonchev–Trinajstić information content (AvgIpc) is 2.37. The number of anilines is 1. The first-order valence-electron chi connectivity index (χ1n) is 6.43. The third kappa shape index (κ3) is 5.87. The second-order valence-corrected chi connectivity index (χ2v) is 5.54. The van der Waals surface area contributed by atoms with Crippen molar-refractivity contribution in [2.45, 2.75) is 26.2 Å². The van der Waals surface area contributed by atoms with E-state index in [1.807, 2.05) is 30.0 Å². The minimum Gasteiger partial charge on any atom is -0.491 e. The largest absolute Gasteiger partial charge is 0.491 e. The highest BCUT2D eigenvalue weighted by atomic mass is 35.5. The van der Waals surface area contributed by atoms with E-state index >= 15 is 0 Å². The molecule has 18 heavy (non-hydrogen) atoms. The first kappa shape index (κ1) is 15.5. The van der Waals surface area contributed by atoms with Crippen LogP contribution < -0.4 is 10.1 Å². The van der Waals surface area contributed by atoms with Crippen molar-refractivity contribution in [3.05, 3.63) is 23.2 Å². The first-order valence-corrected chi connectivity index (χ1v) is 8.20. The third-order valence-electron chi connectivity index (χ3n) is 2.49. The SMILES string of the molecule is CCCOc1ccc(Cl)cc1NCCCCSC. The summed E-state index contributed by atoms with van der Waals surface area (Å²) < 4.78 is 5.69. The highest BCUT2D eigenvalue weighted by Crippen LogP contribution is 2.28. The minimum atomic E-state index is 0.739. The van der Waals surface area contributed by atoms with E-state index in [0.29, 0.717) is 0 Å². The summed E-state index contributed by atoms with van der Waals surface area (Å²) >= 11 is 7.91. The van der Waals surface area contributed by atoms with Gasteiger partial charge in [-0.15, -0.1) is 0 Å². The lowest BCUT2D eigenvalue weighted by atomic mass is 10.2. The van der Waals surface area contributed by atoms with E-state index in [4.69, 9.17) is 16.3 Å². The van der Waals surface area contributed by atoms with Crippen molar-refractivity contribution in [2.75, 3.05) is 30.5 Å². The van der Waals surface area contributed by atoms with E-state index in [1.165, 1.54) is 18.6 Å². The summed E-state index contributed by atoms with van der Waals surface area (Å²) in [5, 5.41) is 4.14. The molecule has 0 aromatic heterocycles. The van der Waals surface area contributed by atoms with Gasteiger partial charge in [0.1, 0.15) is 5.75 Å². The number of halogens is 1. The highest BCUT2D eigenvalue weighted by Gasteiger charge is 2.04. The molecule has 0 radical (unpaired) electrons. The zero-order chi connectivity index (χ0) is 13.2. The Morgan fingerprint density at radius 2 is 2.17 bits per heavy atom. The van der Waals surface area contributed by atoms with Crippen molar-refractivity contribution >= 4 is 29.1 Å². The number of rotatable bonds is 9. The smallest absolute Gasteiger partial charge is 0.142 e. The summed E-state index contributed by atoms with van der Waals surface area (Å²) in [5.74, 6) is 2.11. The summed E-state index contributed by atoms with van der Waals surface area (Å²) in [6.07, 6.45) is 5.55. The molecule has 0 heterocycles. The van der Waals surface area contributed by atoms with Crippen molar-refractivity contribution in [1.29, 1.82) is 0 Å². The summed E-state index contributed by atoms with van der Waals surface area (Å²) in [4.78, 5) is 0. The van der Waals surface area contributed by atoms with Gasteiger partial charge in [0.05, 0.1) is 12.3 Å². The predicted molar refractivity (Wildman–Crippen MR) is 83.3 cm³/mol. The fourth-order valence-electron chi connectivity index (χ4n) is 1.57. The quantitative estimate of drug-likeness (QED) is 0.666. The molecular weight excluding hydrogens is 266 g/mol. The maximum Gasteiger partial charge on any atom is 0.142 e. The maximum atomic E-state index is 6.01. The van der Waals surface area contributed by atoms with Gasteiger partial charge in [-0.1, -0.05) is 18.5 Å². The number of benzene rings is 1. The van der Waals surface area contributed by atoms with Crippen molar-refractivity contribution < 1.29 is 4.74 Å². The van der Waals surface area contributed by atoms with Crippen molar-refractivity contribution in [1.82, 2.24) is 0 Å². The van der Waals surface area contributed by atoms with Crippen molar-refractivity contribution in [3.8, 4) is 5.75 Å². The van der Waals surface area contributed by atoms with Gasteiger partial charge in [-0.2, -0.15) is 11.8 Å². The molecule has 0 bridgehead atoms. The van der Waals surface area contributed by atoms with E-state index in [9.17, 15) is 0 Å². The Morgan fingerprint density at radius 1 is 1.33 bits per heavy atom. The molecule has 0 aliphatic heterocycles. The summed E-state index contributed by atoms with van der Waals surface area (Å²) in [7, 11) is 0. The van der Waals surface area contributed by atoms with Crippen LogP contribution in [0, 0.1) is 0 Å². The lowest BCUT2D eigenvalue weighted by Crippen LogP contribution is -2.05. The Hall–Kier alpha value is -0.540. The van der Waals surface area contributed by atoms with Gasteiger partial charge in [-0.05, 0) is 49.5 Å². The van der Waals surface area contributed by atoms with E-state index in [0.717, 1.165) is 36.0 Å². The third-order valence-corrected chi connectivity index (χ3v) is 3.43. The predicted octanol–water partition coefficient (Wildman–Crippen LogP) is 4.68. The molecule has 102 valence electrons. The maximum absolute atomic E-state index is 6.01. The second-order valence-electron chi connectivity index (χ2n) is 4.12. The van der Waals surface area contributed by atoms with Crippen LogP contribution in [0.15, 0.2) is 18.2 Å². The number of unbranched alkanes of at least 4 members (excludes halogenated alkanes) is 1. The van der Waals surface area contributed by atoms with Gasteiger partial charge in [0, 0.05) is 11.6 Å². The Balaban J connectivity index is 2.47. The fraction of sp³-hybridized carbons (Fsp3) is 0.571. The van der Waals surface area contributed by atoms with Gasteiger partial charge in [-0.3, -0.25) is 0 Å². The molecule has 2 nitrogen and oxygen atoms in total. The standard InChI is InChI=1S/C14H22ClNOS/c1-3-9-17-14-7-6-12(15)11-13(14)16-8-4-5-10-18-2/h6-7,11,16H,3-5,8-10H2,1-2H3. The molecule has 0 saturated carbocycles. The van der Waals surface area contributed by atoms with Crippen LogP contribution in [0.2, 0.25) is 5.02 Å². The number of hydrogen-bond acceptors (Lipinski definition) is 3. The Kier molecular flexibility index (Phi) is 8.10. The van der Waals surface area contributed by atoms with Gasteiger partial charge in [0.15, 0.2) is 0 Å². The molecule has 4 heteroatoms. The average molecular weight is 288 g/mol. The van der Waals surface area contributed by atoms with Crippen LogP contribution >= 0.6 is 23.4 Å².